The number of nitrogens with two attached hydrogens (primary N) is 1. The molecule has 1 rings (SSSR count). The maximum absolute atomic E-state index is 12.1. The lowest BCUT2D eigenvalue weighted by Gasteiger charge is -2.26. The molecule has 0 spiro atoms. The third kappa shape index (κ3) is 3.73. The number of nitrogens with zero attached hydrogens (tertiary/aromatic N) is 1. The van der Waals surface area contributed by atoms with E-state index in [1.165, 1.54) is 0 Å². The van der Waals surface area contributed by atoms with Gasteiger partial charge in [-0.25, -0.2) is 0 Å². The van der Waals surface area contributed by atoms with Gasteiger partial charge < -0.3 is 11.1 Å². The van der Waals surface area contributed by atoms with Crippen LogP contribution >= 0.6 is 0 Å². The van der Waals surface area contributed by atoms with Gasteiger partial charge in [-0.1, -0.05) is 13.3 Å². The highest BCUT2D eigenvalue weighted by Crippen LogP contribution is 2.14. The minimum Gasteiger partial charge on any atom is -0.397 e. The van der Waals surface area contributed by atoms with Crippen molar-refractivity contribution in [2.45, 2.75) is 46.1 Å². The fourth-order valence-corrected chi connectivity index (χ4v) is 1.84. The molecule has 0 aliphatic carbocycles. The van der Waals surface area contributed by atoms with Crippen LogP contribution in [0.4, 0.5) is 5.69 Å². The van der Waals surface area contributed by atoms with Crippen LogP contribution < -0.4 is 11.1 Å². The molecule has 1 heterocycles. The molecular formula is C13H21N3O. The van der Waals surface area contributed by atoms with Crippen LogP contribution in [0, 0.1) is 6.92 Å². The Balaban J connectivity index is 2.86. The van der Waals surface area contributed by atoms with E-state index in [0.29, 0.717) is 16.9 Å². The van der Waals surface area contributed by atoms with Crippen LogP contribution in [-0.4, -0.2) is 16.4 Å². The molecule has 0 atom stereocenters. The Hall–Kier alpha value is -1.58. The molecule has 3 N–H and O–H groups in total. The van der Waals surface area contributed by atoms with E-state index in [1.807, 2.05) is 13.8 Å². The lowest BCUT2D eigenvalue weighted by Crippen LogP contribution is -2.43. The largest absolute Gasteiger partial charge is 0.397 e. The van der Waals surface area contributed by atoms with Gasteiger partial charge in [-0.15, -0.1) is 0 Å². The summed E-state index contributed by atoms with van der Waals surface area (Å²) in [4.78, 5) is 16.2. The van der Waals surface area contributed by atoms with E-state index in [1.54, 1.807) is 19.2 Å². The van der Waals surface area contributed by atoms with Gasteiger partial charge in [-0.3, -0.25) is 9.78 Å². The Labute approximate surface area is 103 Å². The van der Waals surface area contributed by atoms with Gasteiger partial charge in [0.25, 0.3) is 5.91 Å². The molecule has 0 bridgehead atoms. The molecule has 1 amide bonds. The number of hydrogen-bond donors (Lipinski definition) is 2. The Morgan fingerprint density at radius 2 is 2.18 bits per heavy atom. The van der Waals surface area contributed by atoms with Crippen molar-refractivity contribution in [3.8, 4) is 0 Å². The number of aryl methyl sites for hydroxylation is 1. The van der Waals surface area contributed by atoms with Gasteiger partial charge >= 0.3 is 0 Å². The van der Waals surface area contributed by atoms with Crippen molar-refractivity contribution in [2.75, 3.05) is 5.73 Å². The number of anilines is 1. The molecule has 94 valence electrons. The molecule has 0 aliphatic rings. The van der Waals surface area contributed by atoms with E-state index < -0.39 is 0 Å². The maximum atomic E-state index is 12.1. The van der Waals surface area contributed by atoms with Gasteiger partial charge in [0, 0.05) is 5.54 Å². The summed E-state index contributed by atoms with van der Waals surface area (Å²) in [5, 5.41) is 3.01. The zero-order chi connectivity index (χ0) is 13.1. The van der Waals surface area contributed by atoms with Crippen LogP contribution in [0.2, 0.25) is 0 Å². The molecule has 1 aromatic rings. The number of nitrogens with one attached hydrogen (secondary N) is 1. The molecular weight excluding hydrogens is 214 g/mol. The molecule has 0 saturated heterocycles. The SMILES string of the molecule is CCCC(C)(C)NC(=O)c1cc(N)cnc1C. The summed E-state index contributed by atoms with van der Waals surface area (Å²) in [6.07, 6.45) is 3.53. The molecule has 4 heteroatoms. The summed E-state index contributed by atoms with van der Waals surface area (Å²) >= 11 is 0. The van der Waals surface area contributed by atoms with Crippen molar-refractivity contribution in [1.29, 1.82) is 0 Å². The standard InChI is InChI=1S/C13H21N3O/c1-5-6-13(3,4)16-12(17)11-7-10(14)8-15-9(11)2/h7-8H,5-6,14H2,1-4H3,(H,16,17). The quantitative estimate of drug-likeness (QED) is 0.841. The summed E-state index contributed by atoms with van der Waals surface area (Å²) in [5.41, 5.74) is 7.20. The smallest absolute Gasteiger partial charge is 0.253 e. The molecule has 0 aromatic carbocycles. The first kappa shape index (κ1) is 13.5. The summed E-state index contributed by atoms with van der Waals surface area (Å²) in [6.45, 7) is 7.94. The van der Waals surface area contributed by atoms with E-state index in [4.69, 9.17) is 5.73 Å². The van der Waals surface area contributed by atoms with Crippen molar-refractivity contribution in [2.24, 2.45) is 0 Å². The zero-order valence-electron chi connectivity index (χ0n) is 11.0. The highest BCUT2D eigenvalue weighted by atomic mass is 16.1. The van der Waals surface area contributed by atoms with Crippen LogP contribution in [0.1, 0.15) is 49.7 Å². The van der Waals surface area contributed by atoms with Crippen LogP contribution in [0.3, 0.4) is 0 Å². The van der Waals surface area contributed by atoms with Crippen molar-refractivity contribution in [1.82, 2.24) is 10.3 Å². The van der Waals surface area contributed by atoms with Crippen molar-refractivity contribution in [3.63, 3.8) is 0 Å². The molecule has 0 saturated carbocycles. The number of hydrogen-bond acceptors (Lipinski definition) is 3. The Kier molecular flexibility index (Phi) is 4.10. The van der Waals surface area contributed by atoms with Gasteiger partial charge in [-0.05, 0) is 33.3 Å². The van der Waals surface area contributed by atoms with E-state index in [2.05, 4.69) is 17.2 Å². The van der Waals surface area contributed by atoms with Gasteiger partial charge in [0.2, 0.25) is 0 Å². The van der Waals surface area contributed by atoms with E-state index >= 15 is 0 Å². The van der Waals surface area contributed by atoms with Crippen LogP contribution in [0.5, 0.6) is 0 Å². The zero-order valence-corrected chi connectivity index (χ0v) is 11.0. The lowest BCUT2D eigenvalue weighted by atomic mass is 9.98. The lowest BCUT2D eigenvalue weighted by molar-refractivity contribution is 0.0908. The third-order valence-corrected chi connectivity index (χ3v) is 2.68. The van der Waals surface area contributed by atoms with Crippen LogP contribution in [-0.2, 0) is 0 Å². The molecule has 17 heavy (non-hydrogen) atoms. The number of carbonyl (C=O) groups is 1. The van der Waals surface area contributed by atoms with Gasteiger partial charge in [0.15, 0.2) is 0 Å². The molecule has 0 unspecified atom stereocenters. The second kappa shape index (κ2) is 5.17. The highest BCUT2D eigenvalue weighted by molar-refractivity contribution is 5.96. The van der Waals surface area contributed by atoms with Crippen molar-refractivity contribution >= 4 is 11.6 Å². The third-order valence-electron chi connectivity index (χ3n) is 2.68. The number of pyridine rings is 1. The van der Waals surface area contributed by atoms with Crippen molar-refractivity contribution < 1.29 is 4.79 Å². The van der Waals surface area contributed by atoms with Crippen LogP contribution in [0.15, 0.2) is 12.3 Å². The molecule has 0 fully saturated rings. The second-order valence-electron chi connectivity index (χ2n) is 4.99. The van der Waals surface area contributed by atoms with Gasteiger partial charge in [0.05, 0.1) is 23.1 Å². The Morgan fingerprint density at radius 3 is 2.76 bits per heavy atom. The minimum atomic E-state index is -0.205. The predicted octanol–water partition coefficient (Wildman–Crippen LogP) is 2.28. The Morgan fingerprint density at radius 1 is 1.53 bits per heavy atom. The number of nitrogen functional groups attached to an aromatic ring is 1. The fraction of sp³-hybridized carbons (Fsp3) is 0.538. The number of amides is 1. The molecule has 0 radical (unpaired) electrons. The van der Waals surface area contributed by atoms with E-state index in [-0.39, 0.29) is 11.4 Å². The maximum Gasteiger partial charge on any atom is 0.253 e. The normalized spacial score (nSPS) is 11.3. The highest BCUT2D eigenvalue weighted by Gasteiger charge is 2.21. The number of rotatable bonds is 4. The average molecular weight is 235 g/mol. The monoisotopic (exact) mass is 235 g/mol. The minimum absolute atomic E-state index is 0.110. The first-order valence-electron chi connectivity index (χ1n) is 5.90. The molecule has 1 aromatic heterocycles. The van der Waals surface area contributed by atoms with E-state index in [9.17, 15) is 4.79 Å². The Bertz CT molecular complexity index is 413. The number of carbonyl (C=O) groups excluding carboxylic acids is 1. The first-order chi connectivity index (χ1) is 7.85. The van der Waals surface area contributed by atoms with Crippen molar-refractivity contribution in [3.05, 3.63) is 23.5 Å². The summed E-state index contributed by atoms with van der Waals surface area (Å²) in [5.74, 6) is -0.110. The average Bonchev–Trinajstić information content (AvgIpc) is 2.20. The topological polar surface area (TPSA) is 68.0 Å². The van der Waals surface area contributed by atoms with E-state index in [0.717, 1.165) is 12.8 Å². The van der Waals surface area contributed by atoms with Gasteiger partial charge in [-0.2, -0.15) is 0 Å². The molecule has 0 aliphatic heterocycles. The van der Waals surface area contributed by atoms with Gasteiger partial charge in [0.1, 0.15) is 0 Å². The number of aromatic nitrogens is 1. The summed E-state index contributed by atoms with van der Waals surface area (Å²) in [6, 6.07) is 1.67. The second-order valence-corrected chi connectivity index (χ2v) is 4.99. The first-order valence-corrected chi connectivity index (χ1v) is 5.90. The molecule has 4 nitrogen and oxygen atoms in total. The van der Waals surface area contributed by atoms with Crippen LogP contribution in [0.25, 0.3) is 0 Å². The summed E-state index contributed by atoms with van der Waals surface area (Å²) < 4.78 is 0. The summed E-state index contributed by atoms with van der Waals surface area (Å²) in [7, 11) is 0. The fourth-order valence-electron chi connectivity index (χ4n) is 1.84. The predicted molar refractivity (Wildman–Crippen MR) is 69.8 cm³/mol.